The molecule has 2 N–H and O–H groups in total. The third-order valence-corrected chi connectivity index (χ3v) is 4.74. The Morgan fingerprint density at radius 2 is 1.90 bits per heavy atom. The molecule has 3 nitrogen and oxygen atoms in total. The average molecular weight is 410 g/mol. The standard InChI is InChI=1S/C16H14Br2N2O/c17-12-5-6-14(13(18)8-12)20-16(21)15-7-10-3-1-2-4-11(10)9-19-15/h1-6,8,15,19H,7,9H2,(H,20,21)/t15-/m0/s1. The summed E-state index contributed by atoms with van der Waals surface area (Å²) in [6.45, 7) is 0.732. The molecular weight excluding hydrogens is 396 g/mol. The summed E-state index contributed by atoms with van der Waals surface area (Å²) in [5, 5.41) is 6.26. The number of amides is 1. The van der Waals surface area contributed by atoms with E-state index >= 15 is 0 Å². The van der Waals surface area contributed by atoms with Crippen LogP contribution in [0.25, 0.3) is 0 Å². The second-order valence-corrected chi connectivity index (χ2v) is 6.79. The van der Waals surface area contributed by atoms with Crippen LogP contribution >= 0.6 is 31.9 Å². The monoisotopic (exact) mass is 408 g/mol. The molecule has 2 aromatic rings. The Balaban J connectivity index is 1.72. The molecule has 3 rings (SSSR count). The second-order valence-electron chi connectivity index (χ2n) is 5.02. The van der Waals surface area contributed by atoms with Gasteiger partial charge >= 0.3 is 0 Å². The number of nitrogens with one attached hydrogen (secondary N) is 2. The van der Waals surface area contributed by atoms with E-state index in [0.717, 1.165) is 27.6 Å². The number of carbonyl (C=O) groups excluding carboxylic acids is 1. The van der Waals surface area contributed by atoms with Gasteiger partial charge in [0.15, 0.2) is 0 Å². The highest BCUT2D eigenvalue weighted by Crippen LogP contribution is 2.26. The van der Waals surface area contributed by atoms with Crippen molar-refractivity contribution >= 4 is 43.5 Å². The van der Waals surface area contributed by atoms with E-state index in [0.29, 0.717) is 0 Å². The molecule has 21 heavy (non-hydrogen) atoms. The third-order valence-electron chi connectivity index (χ3n) is 3.59. The molecule has 1 atom stereocenters. The predicted molar refractivity (Wildman–Crippen MR) is 91.2 cm³/mol. The zero-order valence-corrected chi connectivity index (χ0v) is 14.4. The van der Waals surface area contributed by atoms with E-state index in [1.165, 1.54) is 11.1 Å². The van der Waals surface area contributed by atoms with Gasteiger partial charge in [-0.25, -0.2) is 0 Å². The first-order valence-corrected chi connectivity index (χ1v) is 8.28. The van der Waals surface area contributed by atoms with Gasteiger partial charge in [0.05, 0.1) is 11.7 Å². The summed E-state index contributed by atoms with van der Waals surface area (Å²) in [6.07, 6.45) is 0.718. The highest BCUT2D eigenvalue weighted by atomic mass is 79.9. The molecule has 0 bridgehead atoms. The molecule has 0 unspecified atom stereocenters. The molecule has 0 fully saturated rings. The van der Waals surface area contributed by atoms with E-state index in [1.807, 2.05) is 30.3 Å². The number of hydrogen-bond acceptors (Lipinski definition) is 2. The number of benzene rings is 2. The topological polar surface area (TPSA) is 41.1 Å². The van der Waals surface area contributed by atoms with Gasteiger partial charge in [-0.1, -0.05) is 40.2 Å². The highest BCUT2D eigenvalue weighted by molar-refractivity contribution is 9.11. The van der Waals surface area contributed by atoms with Crippen molar-refractivity contribution in [3.05, 3.63) is 62.5 Å². The highest BCUT2D eigenvalue weighted by Gasteiger charge is 2.24. The van der Waals surface area contributed by atoms with E-state index in [1.54, 1.807) is 0 Å². The minimum absolute atomic E-state index is 0.00692. The van der Waals surface area contributed by atoms with E-state index < -0.39 is 0 Å². The van der Waals surface area contributed by atoms with E-state index in [-0.39, 0.29) is 11.9 Å². The summed E-state index contributed by atoms with van der Waals surface area (Å²) in [7, 11) is 0. The first-order chi connectivity index (χ1) is 10.1. The summed E-state index contributed by atoms with van der Waals surface area (Å²) < 4.78 is 1.83. The minimum Gasteiger partial charge on any atom is -0.324 e. The second kappa shape index (κ2) is 6.30. The van der Waals surface area contributed by atoms with Crippen molar-refractivity contribution in [1.82, 2.24) is 5.32 Å². The number of carbonyl (C=O) groups is 1. The van der Waals surface area contributed by atoms with E-state index in [9.17, 15) is 4.79 Å². The SMILES string of the molecule is O=C(Nc1ccc(Br)cc1Br)[C@@H]1Cc2ccccc2CN1. The number of halogens is 2. The Bertz CT molecular complexity index is 688. The number of anilines is 1. The maximum absolute atomic E-state index is 12.4. The van der Waals surface area contributed by atoms with Gasteiger partial charge in [0, 0.05) is 15.5 Å². The van der Waals surface area contributed by atoms with Crippen LogP contribution in [-0.2, 0) is 17.8 Å². The quantitative estimate of drug-likeness (QED) is 0.790. The largest absolute Gasteiger partial charge is 0.324 e. The molecule has 1 heterocycles. The van der Waals surface area contributed by atoms with Crippen molar-refractivity contribution in [3.63, 3.8) is 0 Å². The molecule has 0 aliphatic carbocycles. The van der Waals surface area contributed by atoms with Crippen molar-refractivity contribution in [2.45, 2.75) is 19.0 Å². The lowest BCUT2D eigenvalue weighted by molar-refractivity contribution is -0.118. The lowest BCUT2D eigenvalue weighted by Gasteiger charge is -2.25. The summed E-state index contributed by atoms with van der Waals surface area (Å²) >= 11 is 6.86. The summed E-state index contributed by atoms with van der Waals surface area (Å²) in [6, 6.07) is 13.7. The Morgan fingerprint density at radius 3 is 2.67 bits per heavy atom. The van der Waals surface area contributed by atoms with Crippen molar-refractivity contribution in [3.8, 4) is 0 Å². The zero-order chi connectivity index (χ0) is 14.8. The Kier molecular flexibility index (Phi) is 4.42. The van der Waals surface area contributed by atoms with Gasteiger partial charge in [0.1, 0.15) is 0 Å². The molecule has 5 heteroatoms. The van der Waals surface area contributed by atoms with Gasteiger partial charge in [0.2, 0.25) is 5.91 Å². The Labute approximate surface area is 140 Å². The van der Waals surface area contributed by atoms with Crippen molar-refractivity contribution in [1.29, 1.82) is 0 Å². The zero-order valence-electron chi connectivity index (χ0n) is 11.2. The average Bonchev–Trinajstić information content (AvgIpc) is 2.49. The van der Waals surface area contributed by atoms with Crippen LogP contribution in [0.4, 0.5) is 5.69 Å². The van der Waals surface area contributed by atoms with E-state index in [2.05, 4.69) is 54.6 Å². The molecule has 1 amide bonds. The Morgan fingerprint density at radius 1 is 1.14 bits per heavy atom. The molecular formula is C16H14Br2N2O. The first kappa shape index (κ1) is 14.8. The summed E-state index contributed by atoms with van der Waals surface area (Å²) in [5.74, 6) is -0.00692. The van der Waals surface area contributed by atoms with Gasteiger partial charge in [-0.05, 0) is 51.7 Å². The van der Waals surface area contributed by atoms with Gasteiger partial charge in [-0.3, -0.25) is 4.79 Å². The number of fused-ring (bicyclic) bond motifs is 1. The van der Waals surface area contributed by atoms with Crippen LogP contribution in [0.15, 0.2) is 51.4 Å². The van der Waals surface area contributed by atoms with Gasteiger partial charge in [-0.2, -0.15) is 0 Å². The fourth-order valence-corrected chi connectivity index (χ4v) is 3.60. The molecule has 1 aliphatic heterocycles. The van der Waals surface area contributed by atoms with Crippen LogP contribution in [-0.4, -0.2) is 11.9 Å². The molecule has 0 saturated carbocycles. The first-order valence-electron chi connectivity index (χ1n) is 6.69. The third kappa shape index (κ3) is 3.36. The maximum Gasteiger partial charge on any atom is 0.241 e. The van der Waals surface area contributed by atoms with Gasteiger partial charge < -0.3 is 10.6 Å². The van der Waals surface area contributed by atoms with E-state index in [4.69, 9.17) is 0 Å². The van der Waals surface area contributed by atoms with Crippen LogP contribution in [0.5, 0.6) is 0 Å². The normalized spacial score (nSPS) is 17.1. The lowest BCUT2D eigenvalue weighted by Crippen LogP contribution is -2.44. The molecule has 0 saturated heterocycles. The van der Waals surface area contributed by atoms with Gasteiger partial charge in [0.25, 0.3) is 0 Å². The number of hydrogen-bond donors (Lipinski definition) is 2. The smallest absolute Gasteiger partial charge is 0.241 e. The fraction of sp³-hybridized carbons (Fsp3) is 0.188. The van der Waals surface area contributed by atoms with Crippen molar-refractivity contribution < 1.29 is 4.79 Å². The molecule has 1 aliphatic rings. The van der Waals surface area contributed by atoms with Gasteiger partial charge in [-0.15, -0.1) is 0 Å². The summed E-state index contributed by atoms with van der Waals surface area (Å²) in [4.78, 5) is 12.4. The number of rotatable bonds is 2. The van der Waals surface area contributed by atoms with Crippen LogP contribution in [0.2, 0.25) is 0 Å². The van der Waals surface area contributed by atoms with Crippen molar-refractivity contribution in [2.24, 2.45) is 0 Å². The maximum atomic E-state index is 12.4. The fourth-order valence-electron chi connectivity index (χ4n) is 2.45. The lowest BCUT2D eigenvalue weighted by atomic mass is 9.95. The molecule has 0 spiro atoms. The van der Waals surface area contributed by atoms with Crippen molar-refractivity contribution in [2.75, 3.05) is 5.32 Å². The molecule has 0 aromatic heterocycles. The summed E-state index contributed by atoms with van der Waals surface area (Å²) in [5.41, 5.74) is 3.29. The van der Waals surface area contributed by atoms with Crippen LogP contribution in [0.3, 0.4) is 0 Å². The predicted octanol–water partition coefficient (Wildman–Crippen LogP) is 3.86. The van der Waals surface area contributed by atoms with Crippen LogP contribution in [0.1, 0.15) is 11.1 Å². The molecule has 0 radical (unpaired) electrons. The minimum atomic E-state index is -0.199. The van der Waals surface area contributed by atoms with Crippen LogP contribution in [0, 0.1) is 0 Å². The Hall–Kier alpha value is -1.17. The molecule has 2 aromatic carbocycles. The van der Waals surface area contributed by atoms with Crippen LogP contribution < -0.4 is 10.6 Å². The molecule has 108 valence electrons.